The summed E-state index contributed by atoms with van der Waals surface area (Å²) in [4.78, 5) is 0. The summed E-state index contributed by atoms with van der Waals surface area (Å²) in [6.45, 7) is 7.76. The van der Waals surface area contributed by atoms with Crippen LogP contribution in [0.2, 0.25) is 0 Å². The van der Waals surface area contributed by atoms with Crippen LogP contribution in [0.4, 0.5) is 5.69 Å². The van der Waals surface area contributed by atoms with Gasteiger partial charge in [0.25, 0.3) is 0 Å². The molecule has 0 fully saturated rings. The van der Waals surface area contributed by atoms with Crippen molar-refractivity contribution in [3.63, 3.8) is 0 Å². The van der Waals surface area contributed by atoms with Crippen LogP contribution in [0.5, 0.6) is 5.75 Å². The number of hydrogen-bond acceptors (Lipinski definition) is 1. The number of halogens is 1. The first-order valence-corrected chi connectivity index (χ1v) is 9.16. The number of benzene rings is 3. The van der Waals surface area contributed by atoms with Crippen LogP contribution in [0.25, 0.3) is 16.8 Å². The lowest BCUT2D eigenvalue weighted by Gasteiger charge is -2.17. The van der Waals surface area contributed by atoms with Gasteiger partial charge >= 0.3 is 0 Å². The van der Waals surface area contributed by atoms with Crippen molar-refractivity contribution in [3.05, 3.63) is 77.9 Å². The minimum Gasteiger partial charge on any atom is -1.00 e. The molecule has 0 bridgehead atoms. The highest BCUT2D eigenvalue weighted by Gasteiger charge is 2.44. The molecule has 1 aliphatic heterocycles. The number of rotatable bonds is 3. The standard InChI is InChI=1S/C24H23NO.HI/c1-4-25-21-15-12-18-7-5-6-8-20(18)23(21)24(2,3)22(25)16-11-17-9-13-19(26)14-10-17;/h5-16H,4H2,1-3H3;1H. The van der Waals surface area contributed by atoms with Gasteiger partial charge in [0, 0.05) is 17.7 Å². The summed E-state index contributed by atoms with van der Waals surface area (Å²) in [6, 6.07) is 20.4. The fraction of sp³-hybridized carbons (Fsp3) is 0.208. The second-order valence-corrected chi connectivity index (χ2v) is 7.36. The van der Waals surface area contributed by atoms with Crippen molar-refractivity contribution in [1.29, 1.82) is 0 Å². The largest absolute Gasteiger partial charge is 1.00 e. The van der Waals surface area contributed by atoms with E-state index >= 15 is 0 Å². The van der Waals surface area contributed by atoms with Gasteiger partial charge in [0.15, 0.2) is 5.71 Å². The molecule has 0 radical (unpaired) electrons. The van der Waals surface area contributed by atoms with E-state index in [0.29, 0.717) is 5.75 Å². The quantitative estimate of drug-likeness (QED) is 0.463. The molecule has 0 spiro atoms. The van der Waals surface area contributed by atoms with Crippen LogP contribution >= 0.6 is 0 Å². The summed E-state index contributed by atoms with van der Waals surface area (Å²) in [5, 5.41) is 12.1. The Morgan fingerprint density at radius 1 is 0.926 bits per heavy atom. The van der Waals surface area contributed by atoms with Gasteiger partial charge in [-0.15, -0.1) is 0 Å². The molecular weight excluding hydrogens is 445 g/mol. The minimum absolute atomic E-state index is 0. The molecule has 27 heavy (non-hydrogen) atoms. The average molecular weight is 469 g/mol. The van der Waals surface area contributed by atoms with E-state index in [9.17, 15) is 5.11 Å². The number of phenolic OH excluding ortho intramolecular Hbond substituents is 1. The second-order valence-electron chi connectivity index (χ2n) is 7.36. The van der Waals surface area contributed by atoms with Crippen molar-refractivity contribution in [2.24, 2.45) is 0 Å². The summed E-state index contributed by atoms with van der Waals surface area (Å²) in [6.07, 6.45) is 4.36. The van der Waals surface area contributed by atoms with Crippen LogP contribution in [0.3, 0.4) is 0 Å². The smallest absolute Gasteiger partial charge is 0.210 e. The van der Waals surface area contributed by atoms with Crippen molar-refractivity contribution >= 4 is 28.2 Å². The van der Waals surface area contributed by atoms with Crippen molar-refractivity contribution in [2.75, 3.05) is 6.54 Å². The van der Waals surface area contributed by atoms with Crippen LogP contribution < -0.4 is 24.0 Å². The Labute approximate surface area is 177 Å². The van der Waals surface area contributed by atoms with E-state index in [1.807, 2.05) is 12.1 Å². The van der Waals surface area contributed by atoms with Gasteiger partial charge in [0.05, 0.1) is 5.41 Å². The molecule has 3 heteroatoms. The molecule has 0 aliphatic carbocycles. The van der Waals surface area contributed by atoms with Crippen molar-refractivity contribution in [1.82, 2.24) is 0 Å². The van der Waals surface area contributed by atoms with E-state index in [-0.39, 0.29) is 29.4 Å². The fourth-order valence-electron chi connectivity index (χ4n) is 4.14. The average Bonchev–Trinajstić information content (AvgIpc) is 2.87. The predicted octanol–water partition coefficient (Wildman–Crippen LogP) is 2.66. The van der Waals surface area contributed by atoms with E-state index in [4.69, 9.17) is 0 Å². The van der Waals surface area contributed by atoms with E-state index in [2.05, 4.69) is 73.9 Å². The molecular formula is C24H24INO. The Hall–Kier alpha value is -2.14. The van der Waals surface area contributed by atoms with E-state index in [1.54, 1.807) is 12.1 Å². The number of fused-ring (bicyclic) bond motifs is 3. The van der Waals surface area contributed by atoms with Crippen LogP contribution in [0.1, 0.15) is 31.9 Å². The summed E-state index contributed by atoms with van der Waals surface area (Å²) < 4.78 is 2.42. The SMILES string of the molecule is CC[N+]1=C(C=Cc2ccc(O)cc2)C(C)(C)c2c1ccc1ccccc21.[I-]. The summed E-state index contributed by atoms with van der Waals surface area (Å²) in [7, 11) is 0. The molecule has 3 aromatic carbocycles. The first-order chi connectivity index (χ1) is 12.5. The second kappa shape index (κ2) is 7.47. The maximum atomic E-state index is 9.48. The van der Waals surface area contributed by atoms with Crippen LogP contribution in [0.15, 0.2) is 66.7 Å². The first-order valence-electron chi connectivity index (χ1n) is 9.16. The van der Waals surface area contributed by atoms with Gasteiger partial charge in [-0.05, 0) is 61.4 Å². The summed E-state index contributed by atoms with van der Waals surface area (Å²) in [5.41, 5.74) is 5.03. The Morgan fingerprint density at radius 2 is 1.63 bits per heavy atom. The molecule has 0 atom stereocenters. The Kier molecular flexibility index (Phi) is 5.43. The molecule has 0 amide bonds. The van der Waals surface area contributed by atoms with Crippen LogP contribution in [0, 0.1) is 0 Å². The Morgan fingerprint density at radius 3 is 2.33 bits per heavy atom. The van der Waals surface area contributed by atoms with Gasteiger partial charge in [-0.2, -0.15) is 4.58 Å². The highest BCUT2D eigenvalue weighted by molar-refractivity contribution is 6.09. The van der Waals surface area contributed by atoms with Crippen molar-refractivity contribution < 1.29 is 33.7 Å². The maximum absolute atomic E-state index is 9.48. The van der Waals surface area contributed by atoms with Crippen molar-refractivity contribution in [3.8, 4) is 5.75 Å². The summed E-state index contributed by atoms with van der Waals surface area (Å²) in [5.74, 6) is 0.296. The molecule has 1 heterocycles. The molecule has 1 N–H and O–H groups in total. The third-order valence-corrected chi connectivity index (χ3v) is 5.40. The van der Waals surface area contributed by atoms with Gasteiger partial charge in [0.1, 0.15) is 12.3 Å². The number of allylic oxidation sites excluding steroid dienone is 1. The monoisotopic (exact) mass is 469 g/mol. The zero-order chi connectivity index (χ0) is 18.3. The highest BCUT2D eigenvalue weighted by Crippen LogP contribution is 2.44. The molecule has 4 rings (SSSR count). The topological polar surface area (TPSA) is 23.2 Å². The number of phenols is 1. The normalized spacial score (nSPS) is 15.2. The molecule has 0 unspecified atom stereocenters. The number of hydrogen-bond donors (Lipinski definition) is 1. The van der Waals surface area contributed by atoms with Crippen molar-refractivity contribution in [2.45, 2.75) is 26.2 Å². The van der Waals surface area contributed by atoms with E-state index < -0.39 is 0 Å². The zero-order valence-corrected chi connectivity index (χ0v) is 18.1. The molecule has 0 saturated heterocycles. The third-order valence-electron chi connectivity index (χ3n) is 5.40. The lowest BCUT2D eigenvalue weighted by molar-refractivity contribution is -0.433. The molecule has 2 nitrogen and oxygen atoms in total. The maximum Gasteiger partial charge on any atom is 0.210 e. The Bertz CT molecular complexity index is 1050. The third kappa shape index (κ3) is 3.29. The van der Waals surface area contributed by atoms with Gasteiger partial charge in [-0.3, -0.25) is 0 Å². The molecule has 3 aromatic rings. The fourth-order valence-corrected chi connectivity index (χ4v) is 4.14. The molecule has 0 aromatic heterocycles. The van der Waals surface area contributed by atoms with Crippen LogP contribution in [-0.2, 0) is 5.41 Å². The van der Waals surface area contributed by atoms with Gasteiger partial charge in [0.2, 0.25) is 5.69 Å². The first kappa shape index (κ1) is 19.6. The lowest BCUT2D eigenvalue weighted by Crippen LogP contribution is -3.00. The van der Waals surface area contributed by atoms with Crippen LogP contribution in [-0.4, -0.2) is 21.9 Å². The molecule has 1 aliphatic rings. The zero-order valence-electron chi connectivity index (χ0n) is 15.9. The number of nitrogens with zero attached hydrogens (tertiary/aromatic N) is 1. The minimum atomic E-state index is -0.0698. The predicted molar refractivity (Wildman–Crippen MR) is 110 cm³/mol. The highest BCUT2D eigenvalue weighted by atomic mass is 127. The summed E-state index contributed by atoms with van der Waals surface area (Å²) >= 11 is 0. The Balaban J connectivity index is 0.00000210. The van der Waals surface area contributed by atoms with E-state index in [0.717, 1.165) is 12.1 Å². The van der Waals surface area contributed by atoms with Gasteiger partial charge in [-0.1, -0.05) is 36.4 Å². The number of aromatic hydroxyl groups is 1. The van der Waals surface area contributed by atoms with E-state index in [1.165, 1.54) is 27.7 Å². The van der Waals surface area contributed by atoms with Gasteiger partial charge < -0.3 is 29.1 Å². The lowest BCUT2D eigenvalue weighted by atomic mass is 9.79. The molecule has 0 saturated carbocycles. The van der Waals surface area contributed by atoms with Gasteiger partial charge in [-0.25, -0.2) is 0 Å². The molecule has 138 valence electrons.